The lowest BCUT2D eigenvalue weighted by atomic mass is 10.3. The van der Waals surface area contributed by atoms with Gasteiger partial charge >= 0.3 is 0 Å². The summed E-state index contributed by atoms with van der Waals surface area (Å²) >= 11 is 2.90. The molecule has 0 spiro atoms. The molecule has 1 atom stereocenters. The average molecular weight is 355 g/mol. The summed E-state index contributed by atoms with van der Waals surface area (Å²) in [5.41, 5.74) is 0. The average Bonchev–Trinajstić information content (AvgIpc) is 2.68. The summed E-state index contributed by atoms with van der Waals surface area (Å²) in [5.74, 6) is -0.679. The summed E-state index contributed by atoms with van der Waals surface area (Å²) in [4.78, 5) is 11.5. The Hall–Kier alpha value is -0.900. The summed E-state index contributed by atoms with van der Waals surface area (Å²) in [6.45, 7) is 4.50. The van der Waals surface area contributed by atoms with Crippen LogP contribution in [0, 0.1) is 0 Å². The van der Waals surface area contributed by atoms with Gasteiger partial charge in [-0.3, -0.25) is 4.79 Å². The first-order valence-corrected chi connectivity index (χ1v) is 7.80. The van der Waals surface area contributed by atoms with E-state index in [2.05, 4.69) is 21.2 Å². The van der Waals surface area contributed by atoms with Crippen molar-refractivity contribution in [3.05, 3.63) is 16.5 Å². The number of nitrogens with two attached hydrogens (primary N) is 1. The van der Waals surface area contributed by atoms with Gasteiger partial charge in [0.2, 0.25) is 10.0 Å². The van der Waals surface area contributed by atoms with Gasteiger partial charge in [0, 0.05) is 18.7 Å². The second kappa shape index (κ2) is 6.51. The summed E-state index contributed by atoms with van der Waals surface area (Å²) in [5, 5.41) is 7.58. The first-order chi connectivity index (χ1) is 8.75. The third-order valence-electron chi connectivity index (χ3n) is 2.14. The maximum atomic E-state index is 11.8. The Morgan fingerprint density at radius 1 is 1.63 bits per heavy atom. The van der Waals surface area contributed by atoms with Crippen molar-refractivity contribution in [2.75, 3.05) is 13.2 Å². The van der Waals surface area contributed by atoms with Gasteiger partial charge in [0.15, 0.2) is 10.4 Å². The van der Waals surface area contributed by atoms with Gasteiger partial charge in [-0.05, 0) is 29.8 Å². The highest BCUT2D eigenvalue weighted by Crippen LogP contribution is 2.25. The number of halogens is 1. The molecule has 1 amide bonds. The third-order valence-corrected chi connectivity index (χ3v) is 3.90. The molecule has 0 bridgehead atoms. The maximum Gasteiger partial charge on any atom is 0.287 e. The Balaban J connectivity index is 2.79. The molecule has 3 N–H and O–H groups in total. The largest absolute Gasteiger partial charge is 0.443 e. The standard InChI is InChI=1S/C10H15BrN2O5S/c1-3-17-5-6(2)13-10(14)7-4-8(9(11)18-7)19(12,15)16/h4,6H,3,5H2,1-2H3,(H,13,14)(H2,12,15,16). The van der Waals surface area contributed by atoms with Gasteiger partial charge in [0.05, 0.1) is 6.61 Å². The summed E-state index contributed by atoms with van der Waals surface area (Å²) in [6.07, 6.45) is 0. The molecule has 0 saturated carbocycles. The van der Waals surface area contributed by atoms with Gasteiger partial charge in [-0.2, -0.15) is 0 Å². The van der Waals surface area contributed by atoms with Crippen molar-refractivity contribution in [3.8, 4) is 0 Å². The van der Waals surface area contributed by atoms with Crippen molar-refractivity contribution < 1.29 is 22.4 Å². The quantitative estimate of drug-likeness (QED) is 0.786. The molecule has 0 aromatic carbocycles. The van der Waals surface area contributed by atoms with Crippen LogP contribution in [0.5, 0.6) is 0 Å². The van der Waals surface area contributed by atoms with Gasteiger partial charge in [0.1, 0.15) is 4.90 Å². The van der Waals surface area contributed by atoms with Crippen molar-refractivity contribution in [2.24, 2.45) is 5.14 Å². The minimum Gasteiger partial charge on any atom is -0.443 e. The first kappa shape index (κ1) is 16.2. The maximum absolute atomic E-state index is 11.8. The Morgan fingerprint density at radius 2 is 2.26 bits per heavy atom. The highest BCUT2D eigenvalue weighted by Gasteiger charge is 2.22. The second-order valence-electron chi connectivity index (χ2n) is 3.83. The normalized spacial score (nSPS) is 13.3. The van der Waals surface area contributed by atoms with E-state index in [-0.39, 0.29) is 21.4 Å². The minimum absolute atomic E-state index is 0.0994. The minimum atomic E-state index is -3.93. The van der Waals surface area contributed by atoms with Gasteiger partial charge in [-0.25, -0.2) is 13.6 Å². The van der Waals surface area contributed by atoms with Crippen LogP contribution in [0.25, 0.3) is 0 Å². The topological polar surface area (TPSA) is 112 Å². The SMILES string of the molecule is CCOCC(C)NC(=O)c1cc(S(N)(=O)=O)c(Br)o1. The van der Waals surface area contributed by atoms with Gasteiger partial charge < -0.3 is 14.5 Å². The fourth-order valence-corrected chi connectivity index (χ4v) is 2.79. The van der Waals surface area contributed by atoms with E-state index in [9.17, 15) is 13.2 Å². The van der Waals surface area contributed by atoms with E-state index >= 15 is 0 Å². The lowest BCUT2D eigenvalue weighted by Crippen LogP contribution is -2.35. The lowest BCUT2D eigenvalue weighted by molar-refractivity contribution is 0.0845. The van der Waals surface area contributed by atoms with Crippen LogP contribution in [-0.4, -0.2) is 33.6 Å². The van der Waals surface area contributed by atoms with E-state index < -0.39 is 15.9 Å². The monoisotopic (exact) mass is 354 g/mol. The second-order valence-corrected chi connectivity index (χ2v) is 6.08. The van der Waals surface area contributed by atoms with Gasteiger partial charge in [-0.1, -0.05) is 0 Å². The summed E-state index contributed by atoms with van der Waals surface area (Å²) in [6, 6.07) is 0.844. The third kappa shape index (κ3) is 4.60. The molecule has 0 fully saturated rings. The molecular weight excluding hydrogens is 340 g/mol. The summed E-state index contributed by atoms with van der Waals surface area (Å²) in [7, 11) is -3.93. The summed E-state index contributed by atoms with van der Waals surface area (Å²) < 4.78 is 32.4. The number of primary sulfonamides is 1. The predicted octanol–water partition coefficient (Wildman–Crippen LogP) is 0.844. The zero-order chi connectivity index (χ0) is 14.6. The molecule has 0 saturated heterocycles. The van der Waals surface area contributed by atoms with Crippen LogP contribution in [0.2, 0.25) is 0 Å². The molecule has 0 aliphatic carbocycles. The smallest absolute Gasteiger partial charge is 0.287 e. The Morgan fingerprint density at radius 3 is 2.74 bits per heavy atom. The molecule has 0 aliphatic rings. The van der Waals surface area contributed by atoms with E-state index in [1.54, 1.807) is 6.92 Å². The van der Waals surface area contributed by atoms with Crippen molar-refractivity contribution in [1.82, 2.24) is 5.32 Å². The van der Waals surface area contributed by atoms with Crippen LogP contribution in [0.3, 0.4) is 0 Å². The molecule has 1 rings (SSSR count). The Bertz CT molecular complexity index is 554. The van der Waals surface area contributed by atoms with E-state index in [0.717, 1.165) is 6.07 Å². The molecule has 0 aliphatic heterocycles. The van der Waals surface area contributed by atoms with E-state index in [1.165, 1.54) is 0 Å². The number of nitrogens with one attached hydrogen (secondary N) is 1. The van der Waals surface area contributed by atoms with Crippen LogP contribution in [0.4, 0.5) is 0 Å². The van der Waals surface area contributed by atoms with E-state index in [1.807, 2.05) is 6.92 Å². The molecular formula is C10H15BrN2O5S. The van der Waals surface area contributed by atoms with Crippen LogP contribution in [-0.2, 0) is 14.8 Å². The van der Waals surface area contributed by atoms with Crippen molar-refractivity contribution in [2.45, 2.75) is 24.8 Å². The number of hydrogen-bond acceptors (Lipinski definition) is 5. The van der Waals surface area contributed by atoms with Crippen molar-refractivity contribution in [1.29, 1.82) is 0 Å². The number of ether oxygens (including phenoxy) is 1. The number of amides is 1. The van der Waals surface area contributed by atoms with Crippen LogP contribution >= 0.6 is 15.9 Å². The molecule has 1 aromatic rings. The molecule has 108 valence electrons. The van der Waals surface area contributed by atoms with Crippen LogP contribution in [0.1, 0.15) is 24.4 Å². The highest BCUT2D eigenvalue weighted by molar-refractivity contribution is 9.10. The highest BCUT2D eigenvalue weighted by atomic mass is 79.9. The molecule has 1 unspecified atom stereocenters. The Labute approximate surface area is 119 Å². The number of carbonyl (C=O) groups excluding carboxylic acids is 1. The molecule has 0 radical (unpaired) electrons. The van der Waals surface area contributed by atoms with Gasteiger partial charge in [0.25, 0.3) is 5.91 Å². The van der Waals surface area contributed by atoms with Crippen LogP contribution in [0.15, 0.2) is 20.0 Å². The molecule has 19 heavy (non-hydrogen) atoms. The van der Waals surface area contributed by atoms with Crippen molar-refractivity contribution >= 4 is 31.9 Å². The molecule has 1 heterocycles. The van der Waals surface area contributed by atoms with Crippen LogP contribution < -0.4 is 10.5 Å². The number of hydrogen-bond donors (Lipinski definition) is 2. The lowest BCUT2D eigenvalue weighted by Gasteiger charge is -2.12. The first-order valence-electron chi connectivity index (χ1n) is 5.46. The fraction of sp³-hybridized carbons (Fsp3) is 0.500. The van der Waals surface area contributed by atoms with E-state index in [0.29, 0.717) is 13.2 Å². The predicted molar refractivity (Wildman–Crippen MR) is 71.2 cm³/mol. The molecule has 1 aromatic heterocycles. The van der Waals surface area contributed by atoms with E-state index in [4.69, 9.17) is 14.3 Å². The Kier molecular flexibility index (Phi) is 5.53. The zero-order valence-corrected chi connectivity index (χ0v) is 12.9. The zero-order valence-electron chi connectivity index (χ0n) is 10.5. The number of furan rings is 1. The number of sulfonamides is 1. The molecule has 9 heteroatoms. The molecule has 7 nitrogen and oxygen atoms in total. The van der Waals surface area contributed by atoms with Crippen molar-refractivity contribution in [3.63, 3.8) is 0 Å². The fourth-order valence-electron chi connectivity index (χ4n) is 1.29. The van der Waals surface area contributed by atoms with Gasteiger partial charge in [-0.15, -0.1) is 0 Å². The number of rotatable bonds is 6. The number of carbonyl (C=O) groups is 1.